The van der Waals surface area contributed by atoms with Gasteiger partial charge in [0.15, 0.2) is 12.0 Å². The fourth-order valence-corrected chi connectivity index (χ4v) is 4.88. The van der Waals surface area contributed by atoms with Gasteiger partial charge in [0.1, 0.15) is 6.54 Å². The number of carbonyl (C=O) groups excluding carboxylic acids is 2. The fraction of sp³-hybridized carbons (Fsp3) is 0.276. The Bertz CT molecular complexity index is 1430. The Kier molecular flexibility index (Phi) is 6.82. The van der Waals surface area contributed by atoms with Crippen LogP contribution in [0.4, 0.5) is 0 Å². The zero-order valence-electron chi connectivity index (χ0n) is 20.4. The molecule has 2 heterocycles. The van der Waals surface area contributed by atoms with E-state index in [4.69, 9.17) is 4.74 Å². The molecule has 0 unspecified atom stereocenters. The van der Waals surface area contributed by atoms with Crippen LogP contribution in [0.1, 0.15) is 11.1 Å². The van der Waals surface area contributed by atoms with Gasteiger partial charge in [0, 0.05) is 43.5 Å². The fourth-order valence-electron chi connectivity index (χ4n) is 4.88. The van der Waals surface area contributed by atoms with Gasteiger partial charge in [-0.3, -0.25) is 19.3 Å². The molecule has 3 aromatic carbocycles. The molecular formula is C29H29N3O4. The Labute approximate surface area is 209 Å². The van der Waals surface area contributed by atoms with E-state index in [9.17, 15) is 14.4 Å². The number of piperazine rings is 1. The summed E-state index contributed by atoms with van der Waals surface area (Å²) in [6.45, 7) is 5.36. The standard InChI is InChI=1S/C29H29N3O4/c1-21-7-6-8-22(17-21)18-30-13-15-31(16-14-30)27(33)20-36-28(34)19-32-25-11-4-2-9-23(25)29(35)24-10-3-5-12-26(24)32/h2-12,17H,13-16,18-20H2,1H3. The topological polar surface area (TPSA) is 71.8 Å². The zero-order chi connectivity index (χ0) is 25.1. The molecule has 5 rings (SSSR count). The summed E-state index contributed by atoms with van der Waals surface area (Å²) in [5.41, 5.74) is 3.77. The van der Waals surface area contributed by atoms with Crippen molar-refractivity contribution >= 4 is 33.7 Å². The van der Waals surface area contributed by atoms with Crippen molar-refractivity contribution in [1.29, 1.82) is 0 Å². The SMILES string of the molecule is Cc1cccc(CN2CCN(C(=O)COC(=O)Cn3c4ccccc4c(=O)c4ccccc43)CC2)c1. The first-order valence-corrected chi connectivity index (χ1v) is 12.2. The second-order valence-electron chi connectivity index (χ2n) is 9.26. The van der Waals surface area contributed by atoms with E-state index >= 15 is 0 Å². The minimum Gasteiger partial charge on any atom is -0.454 e. The average Bonchev–Trinajstić information content (AvgIpc) is 2.90. The Balaban J connectivity index is 1.19. The third-order valence-corrected chi connectivity index (χ3v) is 6.74. The lowest BCUT2D eigenvalue weighted by Gasteiger charge is -2.34. The van der Waals surface area contributed by atoms with Gasteiger partial charge in [-0.05, 0) is 36.8 Å². The summed E-state index contributed by atoms with van der Waals surface area (Å²) < 4.78 is 7.16. The van der Waals surface area contributed by atoms with Crippen LogP contribution in [-0.2, 0) is 27.4 Å². The molecule has 0 radical (unpaired) electrons. The molecule has 0 saturated carbocycles. The number of carbonyl (C=O) groups is 2. The number of amides is 1. The van der Waals surface area contributed by atoms with Gasteiger partial charge in [0.25, 0.3) is 5.91 Å². The largest absolute Gasteiger partial charge is 0.454 e. The number of para-hydroxylation sites is 2. The molecule has 1 saturated heterocycles. The molecule has 1 fully saturated rings. The minimum atomic E-state index is -0.514. The molecule has 0 aliphatic carbocycles. The van der Waals surface area contributed by atoms with Gasteiger partial charge in [-0.2, -0.15) is 0 Å². The highest BCUT2D eigenvalue weighted by atomic mass is 16.5. The number of fused-ring (bicyclic) bond motifs is 2. The van der Waals surface area contributed by atoms with Crippen molar-refractivity contribution in [2.45, 2.75) is 20.0 Å². The van der Waals surface area contributed by atoms with Gasteiger partial charge in [0.05, 0.1) is 11.0 Å². The summed E-state index contributed by atoms with van der Waals surface area (Å²) in [5, 5.41) is 1.09. The molecule has 1 aromatic heterocycles. The third-order valence-electron chi connectivity index (χ3n) is 6.74. The Morgan fingerprint density at radius 3 is 2.11 bits per heavy atom. The maximum atomic E-state index is 12.9. The van der Waals surface area contributed by atoms with Crippen LogP contribution < -0.4 is 5.43 Å². The van der Waals surface area contributed by atoms with Crippen LogP contribution in [0.3, 0.4) is 0 Å². The highest BCUT2D eigenvalue weighted by molar-refractivity contribution is 5.94. The molecule has 1 aliphatic heterocycles. The first-order chi connectivity index (χ1) is 17.5. The van der Waals surface area contributed by atoms with Gasteiger partial charge >= 0.3 is 5.97 Å². The molecule has 0 bridgehead atoms. The van der Waals surface area contributed by atoms with Crippen molar-refractivity contribution in [3.05, 3.63) is 94.1 Å². The summed E-state index contributed by atoms with van der Waals surface area (Å²) in [4.78, 5) is 42.4. The molecule has 1 amide bonds. The lowest BCUT2D eigenvalue weighted by Crippen LogP contribution is -2.49. The van der Waals surface area contributed by atoms with Crippen molar-refractivity contribution in [2.24, 2.45) is 0 Å². The summed E-state index contributed by atoms with van der Waals surface area (Å²) in [6.07, 6.45) is 0. The van der Waals surface area contributed by atoms with E-state index in [1.165, 1.54) is 11.1 Å². The maximum Gasteiger partial charge on any atom is 0.326 e. The molecule has 0 atom stereocenters. The monoisotopic (exact) mass is 483 g/mol. The Hall–Kier alpha value is -3.97. The highest BCUT2D eigenvalue weighted by Crippen LogP contribution is 2.19. The maximum absolute atomic E-state index is 12.9. The minimum absolute atomic E-state index is 0.0671. The van der Waals surface area contributed by atoms with Crippen molar-refractivity contribution in [1.82, 2.24) is 14.4 Å². The third kappa shape index (κ3) is 5.02. The van der Waals surface area contributed by atoms with Crippen molar-refractivity contribution in [3.8, 4) is 0 Å². The second-order valence-corrected chi connectivity index (χ2v) is 9.26. The average molecular weight is 484 g/mol. The van der Waals surface area contributed by atoms with E-state index in [-0.39, 0.29) is 24.5 Å². The predicted octanol–water partition coefficient (Wildman–Crippen LogP) is 3.35. The van der Waals surface area contributed by atoms with Gasteiger partial charge < -0.3 is 14.2 Å². The number of rotatable bonds is 6. The van der Waals surface area contributed by atoms with Gasteiger partial charge in [0.2, 0.25) is 0 Å². The number of ether oxygens (including phenoxy) is 1. The van der Waals surface area contributed by atoms with Crippen LogP contribution in [0, 0.1) is 6.92 Å². The van der Waals surface area contributed by atoms with Gasteiger partial charge in [-0.25, -0.2) is 0 Å². The molecule has 184 valence electrons. The summed E-state index contributed by atoms with van der Waals surface area (Å²) in [7, 11) is 0. The van der Waals surface area contributed by atoms with E-state index in [2.05, 4.69) is 36.1 Å². The van der Waals surface area contributed by atoms with Crippen LogP contribution in [-0.4, -0.2) is 59.0 Å². The zero-order valence-corrected chi connectivity index (χ0v) is 20.4. The van der Waals surface area contributed by atoms with Crippen molar-refractivity contribution in [3.63, 3.8) is 0 Å². The number of hydrogen-bond acceptors (Lipinski definition) is 5. The van der Waals surface area contributed by atoms with Crippen molar-refractivity contribution in [2.75, 3.05) is 32.8 Å². The molecule has 7 nitrogen and oxygen atoms in total. The molecule has 4 aromatic rings. The molecule has 0 spiro atoms. The smallest absolute Gasteiger partial charge is 0.326 e. The molecule has 7 heteroatoms. The number of esters is 1. The summed E-state index contributed by atoms with van der Waals surface area (Å²) >= 11 is 0. The Morgan fingerprint density at radius 1 is 0.833 bits per heavy atom. The first kappa shape index (κ1) is 23.8. The van der Waals surface area contributed by atoms with Crippen LogP contribution in [0.2, 0.25) is 0 Å². The second kappa shape index (κ2) is 10.3. The number of nitrogens with zero attached hydrogens (tertiary/aromatic N) is 3. The number of aryl methyl sites for hydroxylation is 1. The first-order valence-electron chi connectivity index (χ1n) is 12.2. The lowest BCUT2D eigenvalue weighted by atomic mass is 10.1. The van der Waals surface area contributed by atoms with Crippen molar-refractivity contribution < 1.29 is 14.3 Å². The molecule has 36 heavy (non-hydrogen) atoms. The molecular weight excluding hydrogens is 454 g/mol. The quantitative estimate of drug-likeness (QED) is 0.311. The van der Waals surface area contributed by atoms with E-state index < -0.39 is 5.97 Å². The molecule has 0 N–H and O–H groups in total. The summed E-state index contributed by atoms with van der Waals surface area (Å²) in [6, 6.07) is 22.9. The van der Waals surface area contributed by atoms with E-state index in [1.807, 2.05) is 24.3 Å². The van der Waals surface area contributed by atoms with Crippen LogP contribution >= 0.6 is 0 Å². The lowest BCUT2D eigenvalue weighted by molar-refractivity contribution is -0.153. The highest BCUT2D eigenvalue weighted by Gasteiger charge is 2.22. The number of hydrogen-bond donors (Lipinski definition) is 0. The van der Waals surface area contributed by atoms with E-state index in [0.29, 0.717) is 34.9 Å². The van der Waals surface area contributed by atoms with Crippen LogP contribution in [0.25, 0.3) is 21.8 Å². The van der Waals surface area contributed by atoms with Crippen LogP contribution in [0.15, 0.2) is 77.6 Å². The van der Waals surface area contributed by atoms with E-state index in [1.54, 1.807) is 33.7 Å². The van der Waals surface area contributed by atoms with E-state index in [0.717, 1.165) is 19.6 Å². The summed E-state index contributed by atoms with van der Waals surface area (Å²) in [5.74, 6) is -0.700. The number of pyridine rings is 1. The van der Waals surface area contributed by atoms with Gasteiger partial charge in [-0.1, -0.05) is 54.1 Å². The number of benzene rings is 3. The Morgan fingerprint density at radius 2 is 1.47 bits per heavy atom. The predicted molar refractivity (Wildman–Crippen MR) is 140 cm³/mol. The van der Waals surface area contributed by atoms with Crippen LogP contribution in [0.5, 0.6) is 0 Å². The van der Waals surface area contributed by atoms with Gasteiger partial charge in [-0.15, -0.1) is 0 Å². The number of aromatic nitrogens is 1. The molecule has 1 aliphatic rings. The normalized spacial score (nSPS) is 14.3.